The zero-order valence-corrected chi connectivity index (χ0v) is 16.0. The SMILES string of the molecule is COc1ccc(Cl)cc1N=C1NC(=O)/C(=C/c2cccc3ccccc23)S1. The minimum Gasteiger partial charge on any atom is -0.494 e. The highest BCUT2D eigenvalue weighted by atomic mass is 35.5. The molecule has 0 radical (unpaired) electrons. The topological polar surface area (TPSA) is 50.7 Å². The van der Waals surface area contributed by atoms with Gasteiger partial charge in [0.1, 0.15) is 11.4 Å². The molecule has 1 saturated heterocycles. The molecule has 0 atom stereocenters. The lowest BCUT2D eigenvalue weighted by atomic mass is 10.0. The van der Waals surface area contributed by atoms with E-state index < -0.39 is 0 Å². The van der Waals surface area contributed by atoms with Crippen molar-refractivity contribution >= 4 is 57.0 Å². The summed E-state index contributed by atoms with van der Waals surface area (Å²) in [6.07, 6.45) is 1.89. The van der Waals surface area contributed by atoms with E-state index in [1.807, 2.05) is 36.4 Å². The molecule has 0 spiro atoms. The number of amidine groups is 1. The molecular formula is C21H15ClN2O2S. The van der Waals surface area contributed by atoms with Crippen LogP contribution in [0.1, 0.15) is 5.56 Å². The number of aliphatic imine (C=N–C) groups is 1. The number of thioether (sulfide) groups is 1. The number of carbonyl (C=O) groups excluding carboxylic acids is 1. The molecule has 6 heteroatoms. The Labute approximate surface area is 165 Å². The van der Waals surface area contributed by atoms with E-state index in [0.717, 1.165) is 16.3 Å². The Bertz CT molecular complexity index is 1100. The average Bonchev–Trinajstić information content (AvgIpc) is 3.01. The number of nitrogens with one attached hydrogen (secondary N) is 1. The van der Waals surface area contributed by atoms with E-state index in [1.54, 1.807) is 25.3 Å². The number of benzene rings is 3. The first-order chi connectivity index (χ1) is 13.1. The van der Waals surface area contributed by atoms with Crippen molar-refractivity contribution in [2.75, 3.05) is 7.11 Å². The smallest absolute Gasteiger partial charge is 0.264 e. The van der Waals surface area contributed by atoms with Gasteiger partial charge in [0.2, 0.25) is 0 Å². The molecule has 134 valence electrons. The van der Waals surface area contributed by atoms with E-state index in [-0.39, 0.29) is 5.91 Å². The summed E-state index contributed by atoms with van der Waals surface area (Å²) in [6.45, 7) is 0. The van der Waals surface area contributed by atoms with Crippen molar-refractivity contribution < 1.29 is 9.53 Å². The number of hydrogen-bond donors (Lipinski definition) is 1. The van der Waals surface area contributed by atoms with Crippen molar-refractivity contribution in [2.24, 2.45) is 4.99 Å². The summed E-state index contributed by atoms with van der Waals surface area (Å²) in [5.41, 5.74) is 1.56. The Morgan fingerprint density at radius 1 is 1.11 bits per heavy atom. The summed E-state index contributed by atoms with van der Waals surface area (Å²) >= 11 is 7.34. The summed E-state index contributed by atoms with van der Waals surface area (Å²) in [7, 11) is 1.57. The monoisotopic (exact) mass is 394 g/mol. The van der Waals surface area contributed by atoms with Crippen LogP contribution in [0.5, 0.6) is 5.75 Å². The van der Waals surface area contributed by atoms with Gasteiger partial charge in [0, 0.05) is 5.02 Å². The van der Waals surface area contributed by atoms with Crippen LogP contribution >= 0.6 is 23.4 Å². The summed E-state index contributed by atoms with van der Waals surface area (Å²) in [5, 5.41) is 6.08. The van der Waals surface area contributed by atoms with Gasteiger partial charge >= 0.3 is 0 Å². The Morgan fingerprint density at radius 3 is 2.78 bits per heavy atom. The number of halogens is 1. The van der Waals surface area contributed by atoms with Crippen molar-refractivity contribution in [3.05, 3.63) is 76.2 Å². The molecule has 4 nitrogen and oxygen atoms in total. The molecule has 3 aromatic rings. The summed E-state index contributed by atoms with van der Waals surface area (Å²) in [4.78, 5) is 17.5. The molecule has 3 aromatic carbocycles. The van der Waals surface area contributed by atoms with Crippen molar-refractivity contribution in [2.45, 2.75) is 0 Å². The molecule has 1 aliphatic heterocycles. The van der Waals surface area contributed by atoms with Crippen molar-refractivity contribution in [1.82, 2.24) is 5.32 Å². The molecule has 1 amide bonds. The van der Waals surface area contributed by atoms with E-state index in [0.29, 0.717) is 26.5 Å². The fourth-order valence-corrected chi connectivity index (χ4v) is 3.85. The zero-order chi connectivity index (χ0) is 18.8. The van der Waals surface area contributed by atoms with Gasteiger partial charge in [0.25, 0.3) is 5.91 Å². The maximum atomic E-state index is 12.4. The Hall–Kier alpha value is -2.76. The lowest BCUT2D eigenvalue weighted by Crippen LogP contribution is -2.19. The van der Waals surface area contributed by atoms with Crippen LogP contribution in [0.25, 0.3) is 16.8 Å². The van der Waals surface area contributed by atoms with Crippen LogP contribution < -0.4 is 10.1 Å². The molecule has 1 N–H and O–H groups in total. The number of hydrogen-bond acceptors (Lipinski definition) is 4. The first kappa shape index (κ1) is 17.6. The van der Waals surface area contributed by atoms with E-state index in [1.165, 1.54) is 11.8 Å². The predicted octanol–water partition coefficient (Wildman–Crippen LogP) is 5.39. The first-order valence-corrected chi connectivity index (χ1v) is 9.44. The number of ether oxygens (including phenoxy) is 1. The molecule has 0 bridgehead atoms. The van der Waals surface area contributed by atoms with Gasteiger partial charge in [-0.15, -0.1) is 0 Å². The molecule has 4 rings (SSSR count). The van der Waals surface area contributed by atoms with Crippen LogP contribution in [0.2, 0.25) is 5.02 Å². The lowest BCUT2D eigenvalue weighted by molar-refractivity contribution is -0.115. The quantitative estimate of drug-likeness (QED) is 0.605. The molecule has 1 heterocycles. The maximum Gasteiger partial charge on any atom is 0.264 e. The standard InChI is InChI=1S/C21H15ClN2O2S/c1-26-18-10-9-15(22)12-17(18)23-21-24-20(25)19(27-21)11-14-7-4-6-13-5-2-3-8-16(13)14/h2-12H,1H3,(H,23,24,25)/b19-11-. The Balaban J connectivity index is 1.68. The van der Waals surface area contributed by atoms with Crippen LogP contribution in [0.3, 0.4) is 0 Å². The molecule has 1 fully saturated rings. The highest BCUT2D eigenvalue weighted by Gasteiger charge is 2.24. The lowest BCUT2D eigenvalue weighted by Gasteiger charge is -2.05. The molecule has 0 aliphatic carbocycles. The van der Waals surface area contributed by atoms with Gasteiger partial charge in [-0.3, -0.25) is 4.79 Å². The largest absolute Gasteiger partial charge is 0.494 e. The molecule has 1 aliphatic rings. The second-order valence-electron chi connectivity index (χ2n) is 5.87. The third-order valence-corrected chi connectivity index (χ3v) is 5.27. The maximum absolute atomic E-state index is 12.4. The molecule has 0 saturated carbocycles. The van der Waals surface area contributed by atoms with E-state index in [4.69, 9.17) is 16.3 Å². The number of rotatable bonds is 3. The van der Waals surface area contributed by atoms with Crippen molar-refractivity contribution in [3.8, 4) is 5.75 Å². The summed E-state index contributed by atoms with van der Waals surface area (Å²) < 4.78 is 5.31. The van der Waals surface area contributed by atoms with Gasteiger partial charge < -0.3 is 10.1 Å². The average molecular weight is 395 g/mol. The fourth-order valence-electron chi connectivity index (χ4n) is 2.86. The van der Waals surface area contributed by atoms with Gasteiger partial charge in [-0.05, 0) is 52.4 Å². The number of carbonyl (C=O) groups is 1. The second-order valence-corrected chi connectivity index (χ2v) is 7.33. The number of amides is 1. The summed E-state index contributed by atoms with van der Waals surface area (Å²) in [6, 6.07) is 19.3. The number of fused-ring (bicyclic) bond motifs is 1. The normalized spacial score (nSPS) is 16.9. The van der Waals surface area contributed by atoms with Crippen molar-refractivity contribution in [3.63, 3.8) is 0 Å². The molecule has 27 heavy (non-hydrogen) atoms. The van der Waals surface area contributed by atoms with Crippen LogP contribution in [-0.4, -0.2) is 18.2 Å². The van der Waals surface area contributed by atoms with E-state index in [2.05, 4.69) is 22.4 Å². The van der Waals surface area contributed by atoms with Crippen molar-refractivity contribution in [1.29, 1.82) is 0 Å². The van der Waals surface area contributed by atoms with Gasteiger partial charge in [-0.25, -0.2) is 4.99 Å². The van der Waals surface area contributed by atoms with E-state index in [9.17, 15) is 4.79 Å². The van der Waals surface area contributed by atoms with Gasteiger partial charge in [0.05, 0.1) is 12.0 Å². The van der Waals surface area contributed by atoms with Gasteiger partial charge in [-0.2, -0.15) is 0 Å². The summed E-state index contributed by atoms with van der Waals surface area (Å²) in [5.74, 6) is 0.418. The molecule has 0 aromatic heterocycles. The van der Waals surface area contributed by atoms with Crippen LogP contribution in [0.15, 0.2) is 70.6 Å². The van der Waals surface area contributed by atoms with E-state index >= 15 is 0 Å². The first-order valence-electron chi connectivity index (χ1n) is 8.25. The van der Waals surface area contributed by atoms with Crippen LogP contribution in [-0.2, 0) is 4.79 Å². The highest BCUT2D eigenvalue weighted by Crippen LogP contribution is 2.34. The Morgan fingerprint density at radius 2 is 1.93 bits per heavy atom. The highest BCUT2D eigenvalue weighted by molar-refractivity contribution is 8.18. The van der Waals surface area contributed by atoms with Crippen LogP contribution in [0, 0.1) is 0 Å². The minimum absolute atomic E-state index is 0.173. The van der Waals surface area contributed by atoms with Gasteiger partial charge in [-0.1, -0.05) is 54.1 Å². The minimum atomic E-state index is -0.173. The molecule has 0 unspecified atom stereocenters. The second kappa shape index (κ2) is 7.47. The number of nitrogens with zero attached hydrogens (tertiary/aromatic N) is 1. The number of methoxy groups -OCH3 is 1. The third-order valence-electron chi connectivity index (χ3n) is 4.12. The molecular weight excluding hydrogens is 380 g/mol. The third kappa shape index (κ3) is 3.70. The van der Waals surface area contributed by atoms with Gasteiger partial charge in [0.15, 0.2) is 5.17 Å². The predicted molar refractivity (Wildman–Crippen MR) is 113 cm³/mol. The van der Waals surface area contributed by atoms with Crippen LogP contribution in [0.4, 0.5) is 5.69 Å². The zero-order valence-electron chi connectivity index (χ0n) is 14.4. The fraction of sp³-hybridized carbons (Fsp3) is 0.0476. The Kier molecular flexibility index (Phi) is 4.88.